The zero-order chi connectivity index (χ0) is 53.3. The highest BCUT2D eigenvalue weighted by Crippen LogP contribution is 2.67. The average Bonchev–Trinajstić information content (AvgIpc) is 2.48. The quantitative estimate of drug-likeness (QED) is 0.0762. The highest BCUT2D eigenvalue weighted by atomic mass is 16.7. The number of cyclic esters (lactones) is 1. The first-order valence-electron chi connectivity index (χ1n) is 26.0. The first kappa shape index (κ1) is 50.2. The molecule has 0 saturated carbocycles. The van der Waals surface area contributed by atoms with Crippen molar-refractivity contribution in [1.82, 2.24) is 29.7 Å². The van der Waals surface area contributed by atoms with E-state index >= 15 is 14.4 Å². The van der Waals surface area contributed by atoms with Gasteiger partial charge < -0.3 is 38.4 Å². The summed E-state index contributed by atoms with van der Waals surface area (Å²) in [4.78, 5) is 70.9. The fraction of sp³-hybridized carbons (Fsp3) is 0.300. The molecular formula is C60H55N7O11. The van der Waals surface area contributed by atoms with E-state index in [-0.39, 0.29) is 64.1 Å². The molecule has 3 fully saturated rings. The minimum absolute atomic E-state index is 0.0443. The van der Waals surface area contributed by atoms with Crippen LogP contribution >= 0.6 is 0 Å². The first-order valence-corrected chi connectivity index (χ1v) is 26.0. The van der Waals surface area contributed by atoms with Gasteiger partial charge in [0.25, 0.3) is 0 Å². The molecule has 0 bridgehead atoms. The summed E-state index contributed by atoms with van der Waals surface area (Å²) < 4.78 is 37.1. The van der Waals surface area contributed by atoms with E-state index in [0.29, 0.717) is 59.1 Å². The zero-order valence-electron chi connectivity index (χ0n) is 42.7. The molecule has 18 heteroatoms. The van der Waals surface area contributed by atoms with Gasteiger partial charge in [0, 0.05) is 51.0 Å². The molecule has 0 aliphatic carbocycles. The molecule has 18 nitrogen and oxygen atoms in total. The summed E-state index contributed by atoms with van der Waals surface area (Å²) in [6.45, 7) is 1.75. The van der Waals surface area contributed by atoms with Crippen LogP contribution in [0.3, 0.4) is 0 Å². The number of benzene rings is 6. The van der Waals surface area contributed by atoms with E-state index in [1.54, 1.807) is 46.0 Å². The van der Waals surface area contributed by atoms with Crippen LogP contribution in [0.15, 0.2) is 146 Å². The fourth-order valence-electron chi connectivity index (χ4n) is 12.1. The van der Waals surface area contributed by atoms with Crippen molar-refractivity contribution in [1.29, 1.82) is 0 Å². The Morgan fingerprint density at radius 1 is 0.782 bits per heavy atom. The van der Waals surface area contributed by atoms with Crippen LogP contribution in [0.25, 0.3) is 11.0 Å². The lowest BCUT2D eigenvalue weighted by molar-refractivity contribution is -0.179. The van der Waals surface area contributed by atoms with Crippen LogP contribution in [0.4, 0.5) is 10.5 Å². The van der Waals surface area contributed by atoms with Crippen molar-refractivity contribution in [2.75, 3.05) is 71.4 Å². The molecule has 0 radical (unpaired) electrons. The van der Waals surface area contributed by atoms with E-state index in [1.807, 2.05) is 114 Å². The van der Waals surface area contributed by atoms with Gasteiger partial charge in [-0.05, 0) is 70.8 Å². The lowest BCUT2D eigenvalue weighted by Gasteiger charge is -2.46. The summed E-state index contributed by atoms with van der Waals surface area (Å²) >= 11 is 0. The van der Waals surface area contributed by atoms with Gasteiger partial charge in [0.15, 0.2) is 11.5 Å². The number of hydrogen-bond donors (Lipinski definition) is 1. The predicted molar refractivity (Wildman–Crippen MR) is 283 cm³/mol. The number of rotatable bonds is 13. The highest BCUT2D eigenvalue weighted by Gasteiger charge is 2.76. The molecule has 1 spiro atoms. The summed E-state index contributed by atoms with van der Waals surface area (Å²) in [7, 11) is 1.47. The van der Waals surface area contributed by atoms with Crippen molar-refractivity contribution in [3.63, 3.8) is 0 Å². The Morgan fingerprint density at radius 3 is 2.32 bits per heavy atom. The Bertz CT molecular complexity index is 3470. The Labute approximate surface area is 449 Å². The van der Waals surface area contributed by atoms with Crippen LogP contribution in [-0.2, 0) is 47.1 Å². The van der Waals surface area contributed by atoms with E-state index in [2.05, 4.69) is 27.1 Å². The molecule has 5 aliphatic heterocycles. The predicted octanol–water partition coefficient (Wildman–Crippen LogP) is 6.38. The number of aliphatic hydroxyl groups is 1. The maximum absolute atomic E-state index is 16.8. The highest BCUT2D eigenvalue weighted by molar-refractivity contribution is 6.23. The number of imide groups is 1. The number of carbonyl (C=O) groups excluding carboxylic acids is 4. The molecule has 78 heavy (non-hydrogen) atoms. The number of nitrogens with zero attached hydrogens (tertiary/aromatic N) is 7. The number of aromatic nitrogens is 3. The van der Waals surface area contributed by atoms with Gasteiger partial charge in [0.2, 0.25) is 18.6 Å². The van der Waals surface area contributed by atoms with Crippen molar-refractivity contribution in [3.05, 3.63) is 179 Å². The number of hydrogen-bond acceptors (Lipinski definition) is 15. The lowest BCUT2D eigenvalue weighted by atomic mass is 9.64. The molecule has 12 rings (SSSR count). The molecule has 3 saturated heterocycles. The van der Waals surface area contributed by atoms with Gasteiger partial charge in [-0.25, -0.2) is 14.4 Å². The molecule has 6 atom stereocenters. The Hall–Kier alpha value is -8.60. The van der Waals surface area contributed by atoms with Crippen LogP contribution in [0, 0.1) is 17.8 Å². The second-order valence-corrected chi connectivity index (χ2v) is 19.7. The normalized spacial score (nSPS) is 22.5. The minimum Gasteiger partial charge on any atom is -0.491 e. The number of fused-ring (bicyclic) bond motifs is 5. The van der Waals surface area contributed by atoms with Crippen molar-refractivity contribution >= 4 is 40.6 Å². The number of esters is 1. The van der Waals surface area contributed by atoms with E-state index in [9.17, 15) is 9.90 Å². The maximum Gasteiger partial charge on any atom is 0.421 e. The number of amides is 3. The Morgan fingerprint density at radius 2 is 1.53 bits per heavy atom. The number of para-hydroxylation sites is 2. The number of methoxy groups -OCH3 is 1. The average molecular weight is 1050 g/mol. The van der Waals surface area contributed by atoms with Crippen LogP contribution in [0.2, 0.25) is 0 Å². The molecule has 396 valence electrons. The van der Waals surface area contributed by atoms with Gasteiger partial charge in [-0.3, -0.25) is 24.2 Å². The number of ether oxygens (including phenoxy) is 6. The summed E-state index contributed by atoms with van der Waals surface area (Å²) in [6, 6.07) is 41.1. The number of aliphatic hydroxyl groups excluding tert-OH is 1. The third kappa shape index (κ3) is 8.83. The summed E-state index contributed by atoms with van der Waals surface area (Å²) in [5, 5.41) is 18.8. The third-order valence-electron chi connectivity index (χ3n) is 15.4. The van der Waals surface area contributed by atoms with Crippen molar-refractivity contribution in [2.24, 2.45) is 5.92 Å². The van der Waals surface area contributed by atoms with E-state index in [1.165, 1.54) is 7.11 Å². The second-order valence-electron chi connectivity index (χ2n) is 19.7. The topological polar surface area (TPSA) is 188 Å². The van der Waals surface area contributed by atoms with E-state index < -0.39 is 59.4 Å². The first-order chi connectivity index (χ1) is 38.3. The van der Waals surface area contributed by atoms with Crippen LogP contribution in [-0.4, -0.2) is 131 Å². The van der Waals surface area contributed by atoms with Gasteiger partial charge in [-0.15, -0.1) is 5.10 Å². The number of anilines is 1. The van der Waals surface area contributed by atoms with Gasteiger partial charge in [-0.1, -0.05) is 114 Å². The third-order valence-corrected chi connectivity index (χ3v) is 15.4. The molecule has 6 aromatic carbocycles. The smallest absolute Gasteiger partial charge is 0.421 e. The molecule has 7 aromatic rings. The molecule has 6 heterocycles. The van der Waals surface area contributed by atoms with Gasteiger partial charge in [0.1, 0.15) is 48.6 Å². The van der Waals surface area contributed by atoms with Crippen molar-refractivity contribution < 1.29 is 52.7 Å². The number of morpholine rings is 1. The van der Waals surface area contributed by atoms with Crippen LogP contribution < -0.4 is 19.1 Å². The molecular weight excluding hydrogens is 995 g/mol. The van der Waals surface area contributed by atoms with Crippen LogP contribution in [0.5, 0.6) is 17.2 Å². The van der Waals surface area contributed by atoms with Gasteiger partial charge in [0.05, 0.1) is 42.4 Å². The minimum atomic E-state index is -2.10. The second kappa shape index (κ2) is 21.4. The standard InChI is InChI=1S/C60H55N7O11/c1-73-33-34-75-59(72)66-46-24-22-39(13-12-26-65-47-20-10-9-19-45(47)61-62-65)35-44(46)60(58(66)71)51(56(69)64-29-27-63(28-30-64)37-40-23-25-49-50(36-40)77-38-76-49)53-57(70)78-54(42-16-6-3-7-17-42)52(41-14-4-2-5-15-41)67(53)55(60)43-18-8-11-21-48(43)74-32-31-68/h2-11,14-25,35-36,51-55,68H,26-34,37-38H2,1H3/t51-,52-,53-,54+,55+,60-/m1/s1. The SMILES string of the molecule is COCCOC(=O)N1C(=O)[C@@]2(c3cc(C#CCn4nnc5ccccc54)ccc31)[C@H](c1ccccc1OCCO)N1[C@H](c3ccccc3)[C@H](c3ccccc3)OC(=O)[C@H]1[C@@H]2C(=O)N1CCN(Cc2ccc3c(c2)OCO3)CC1. The molecule has 1 aromatic heterocycles. The number of carbonyl (C=O) groups is 4. The van der Waals surface area contributed by atoms with Gasteiger partial charge >= 0.3 is 12.1 Å². The Kier molecular flexibility index (Phi) is 13.8. The van der Waals surface area contributed by atoms with Crippen molar-refractivity contribution in [3.8, 4) is 29.1 Å². The maximum atomic E-state index is 16.8. The van der Waals surface area contributed by atoms with E-state index in [0.717, 1.165) is 21.5 Å². The molecule has 3 amide bonds. The summed E-state index contributed by atoms with van der Waals surface area (Å²) in [5.41, 5.74) is 3.18. The molecule has 5 aliphatic rings. The zero-order valence-corrected chi connectivity index (χ0v) is 42.7. The number of piperazine rings is 1. The molecule has 1 N–H and O–H groups in total. The Balaban J connectivity index is 1.06. The van der Waals surface area contributed by atoms with Crippen molar-refractivity contribution in [2.45, 2.75) is 42.7 Å². The summed E-state index contributed by atoms with van der Waals surface area (Å²) in [6.07, 6.45) is -1.94. The lowest BCUT2D eigenvalue weighted by Crippen LogP contribution is -2.59. The van der Waals surface area contributed by atoms with Crippen LogP contribution in [0.1, 0.15) is 51.6 Å². The monoisotopic (exact) mass is 1050 g/mol. The van der Waals surface area contributed by atoms with E-state index in [4.69, 9.17) is 28.4 Å². The fourth-order valence-corrected chi connectivity index (χ4v) is 12.1. The molecule has 0 unspecified atom stereocenters. The largest absolute Gasteiger partial charge is 0.491 e. The summed E-state index contributed by atoms with van der Waals surface area (Å²) in [5.74, 6) is 4.66. The van der Waals surface area contributed by atoms with Gasteiger partial charge in [-0.2, -0.15) is 0 Å².